The molecule has 0 aliphatic carbocycles. The number of nitrogens with zero attached hydrogens (tertiary/aromatic N) is 3. The van der Waals surface area contributed by atoms with Crippen molar-refractivity contribution in [2.75, 3.05) is 47.5 Å². The van der Waals surface area contributed by atoms with Gasteiger partial charge >= 0.3 is 6.18 Å². The molecule has 2 aliphatic rings. The first kappa shape index (κ1) is 23.3. The average Bonchev–Trinajstić information content (AvgIpc) is 3.22. The van der Waals surface area contributed by atoms with Crippen LogP contribution in [0.25, 0.3) is 0 Å². The summed E-state index contributed by atoms with van der Waals surface area (Å²) in [5, 5.41) is 2.96. The van der Waals surface area contributed by atoms with Crippen LogP contribution in [0.5, 0.6) is 0 Å². The minimum Gasteiger partial charge on any atom is -0.369 e. The van der Waals surface area contributed by atoms with Gasteiger partial charge in [0.2, 0.25) is 5.91 Å². The normalized spacial score (nSPS) is 20.6. The largest absolute Gasteiger partial charge is 0.417 e. The number of anilines is 2. The van der Waals surface area contributed by atoms with Crippen LogP contribution in [0.1, 0.15) is 17.5 Å². The van der Waals surface area contributed by atoms with Crippen molar-refractivity contribution in [2.24, 2.45) is 0 Å². The number of halogens is 3. The summed E-state index contributed by atoms with van der Waals surface area (Å²) in [6.07, 6.45) is -1.41. The fraction of sp³-hybridized carbons (Fsp3) is 0.455. The maximum Gasteiger partial charge on any atom is 0.417 e. The number of carbonyl (C=O) groups is 1. The van der Waals surface area contributed by atoms with Crippen LogP contribution in [0, 0.1) is 0 Å². The summed E-state index contributed by atoms with van der Waals surface area (Å²) in [6.45, 7) is 1.88. The van der Waals surface area contributed by atoms with Gasteiger partial charge < -0.3 is 15.1 Å². The van der Waals surface area contributed by atoms with Gasteiger partial charge in [-0.1, -0.05) is 12.1 Å². The SMILES string of the molecule is O=C(Cc1ccc(N2CCS(=O)(=O)CC2)cc1)N[C@@H]1CCN(c2cncc(C(F)(F)F)c2)C1. The Balaban J connectivity index is 1.28. The summed E-state index contributed by atoms with van der Waals surface area (Å²) < 4.78 is 61.9. The number of rotatable bonds is 5. The summed E-state index contributed by atoms with van der Waals surface area (Å²) in [7, 11) is -2.94. The highest BCUT2D eigenvalue weighted by Gasteiger charge is 2.32. The van der Waals surface area contributed by atoms with Crippen LogP contribution in [-0.2, 0) is 27.2 Å². The number of pyridine rings is 1. The Hall–Kier alpha value is -2.82. The molecule has 0 radical (unpaired) electrons. The van der Waals surface area contributed by atoms with E-state index in [1.165, 1.54) is 6.20 Å². The first-order valence-electron chi connectivity index (χ1n) is 10.7. The van der Waals surface area contributed by atoms with Crippen LogP contribution in [0.4, 0.5) is 24.5 Å². The van der Waals surface area contributed by atoms with E-state index in [1.807, 2.05) is 29.2 Å². The number of amides is 1. The van der Waals surface area contributed by atoms with Gasteiger partial charge in [-0.2, -0.15) is 13.2 Å². The lowest BCUT2D eigenvalue weighted by Gasteiger charge is -2.28. The lowest BCUT2D eigenvalue weighted by molar-refractivity contribution is -0.137. The molecule has 4 rings (SSSR count). The summed E-state index contributed by atoms with van der Waals surface area (Å²) in [6, 6.07) is 8.41. The first-order valence-corrected chi connectivity index (χ1v) is 12.5. The van der Waals surface area contributed by atoms with Gasteiger partial charge in [-0.25, -0.2) is 8.42 Å². The molecule has 1 atom stereocenters. The van der Waals surface area contributed by atoms with Gasteiger partial charge in [0.1, 0.15) is 0 Å². The van der Waals surface area contributed by atoms with Crippen molar-refractivity contribution in [3.63, 3.8) is 0 Å². The molecule has 2 saturated heterocycles. The highest BCUT2D eigenvalue weighted by atomic mass is 32.2. The Kier molecular flexibility index (Phi) is 6.51. The van der Waals surface area contributed by atoms with E-state index >= 15 is 0 Å². The van der Waals surface area contributed by atoms with E-state index in [9.17, 15) is 26.4 Å². The molecule has 0 unspecified atom stereocenters. The fourth-order valence-electron chi connectivity index (χ4n) is 4.13. The molecule has 1 amide bonds. The molecule has 2 fully saturated rings. The highest BCUT2D eigenvalue weighted by molar-refractivity contribution is 7.91. The van der Waals surface area contributed by atoms with Crippen LogP contribution >= 0.6 is 0 Å². The van der Waals surface area contributed by atoms with Crippen LogP contribution < -0.4 is 15.1 Å². The summed E-state index contributed by atoms with van der Waals surface area (Å²) in [5.74, 6) is 0.138. The van der Waals surface area contributed by atoms with Gasteiger partial charge in [-0.15, -0.1) is 0 Å². The summed E-state index contributed by atoms with van der Waals surface area (Å²) in [4.78, 5) is 20.0. The van der Waals surface area contributed by atoms with E-state index in [2.05, 4.69) is 10.3 Å². The van der Waals surface area contributed by atoms with E-state index < -0.39 is 21.6 Å². The zero-order valence-corrected chi connectivity index (χ0v) is 18.7. The number of alkyl halides is 3. The third-order valence-electron chi connectivity index (χ3n) is 5.98. The van der Waals surface area contributed by atoms with Crippen LogP contribution in [-0.4, -0.2) is 63.0 Å². The van der Waals surface area contributed by atoms with Crippen LogP contribution in [0.3, 0.4) is 0 Å². The van der Waals surface area contributed by atoms with E-state index in [1.54, 1.807) is 4.90 Å². The van der Waals surface area contributed by atoms with Gasteiger partial charge in [0.25, 0.3) is 0 Å². The molecule has 0 saturated carbocycles. The molecule has 33 heavy (non-hydrogen) atoms. The van der Waals surface area contributed by atoms with E-state index in [4.69, 9.17) is 0 Å². The highest BCUT2D eigenvalue weighted by Crippen LogP contribution is 2.31. The number of hydrogen-bond donors (Lipinski definition) is 1. The number of carbonyl (C=O) groups excluding carboxylic acids is 1. The molecule has 7 nitrogen and oxygen atoms in total. The lowest BCUT2D eigenvalue weighted by atomic mass is 10.1. The molecule has 11 heteroatoms. The smallest absolute Gasteiger partial charge is 0.369 e. The Morgan fingerprint density at radius 1 is 1.03 bits per heavy atom. The van der Waals surface area contributed by atoms with Crippen LogP contribution in [0.2, 0.25) is 0 Å². The second-order valence-corrected chi connectivity index (χ2v) is 10.7. The number of nitrogens with one attached hydrogen (secondary N) is 1. The van der Waals surface area contributed by atoms with E-state index in [0.29, 0.717) is 38.3 Å². The molecule has 2 aliphatic heterocycles. The minimum atomic E-state index is -4.45. The number of benzene rings is 1. The third-order valence-corrected chi connectivity index (χ3v) is 7.59. The Labute approximate surface area is 190 Å². The summed E-state index contributed by atoms with van der Waals surface area (Å²) >= 11 is 0. The molecule has 1 N–H and O–H groups in total. The van der Waals surface area contributed by atoms with Gasteiger partial charge in [0.05, 0.1) is 35.4 Å². The number of sulfone groups is 1. The zero-order valence-electron chi connectivity index (χ0n) is 17.9. The van der Waals surface area contributed by atoms with Crippen molar-refractivity contribution in [1.29, 1.82) is 0 Å². The average molecular weight is 483 g/mol. The van der Waals surface area contributed by atoms with Crippen molar-refractivity contribution in [1.82, 2.24) is 10.3 Å². The predicted octanol–water partition coefficient (Wildman–Crippen LogP) is 2.27. The van der Waals surface area contributed by atoms with Crippen molar-refractivity contribution in [3.05, 3.63) is 53.9 Å². The third kappa shape index (κ3) is 5.95. The van der Waals surface area contributed by atoms with E-state index in [0.717, 1.165) is 23.5 Å². The monoisotopic (exact) mass is 482 g/mol. The topological polar surface area (TPSA) is 82.6 Å². The fourth-order valence-corrected chi connectivity index (χ4v) is 5.33. The summed E-state index contributed by atoms with van der Waals surface area (Å²) in [5.41, 5.74) is 1.36. The molecule has 178 valence electrons. The van der Waals surface area contributed by atoms with E-state index in [-0.39, 0.29) is 29.9 Å². The standard InChI is InChI=1S/C22H25F3N4O3S/c23-22(24,25)17-12-20(14-26-13-17)29-6-5-18(15-29)27-21(30)11-16-1-3-19(4-2-16)28-7-9-33(31,32)10-8-28/h1-4,12-14,18H,5-11,15H2,(H,27,30)/t18-/m1/s1. The Morgan fingerprint density at radius 3 is 2.39 bits per heavy atom. The molecular weight excluding hydrogens is 457 g/mol. The minimum absolute atomic E-state index is 0.145. The second-order valence-electron chi connectivity index (χ2n) is 8.41. The number of aromatic nitrogens is 1. The molecule has 3 heterocycles. The molecule has 1 aromatic carbocycles. The second kappa shape index (κ2) is 9.20. The van der Waals surface area contributed by atoms with Gasteiger partial charge in [-0.3, -0.25) is 9.78 Å². The molecule has 0 bridgehead atoms. The number of hydrogen-bond acceptors (Lipinski definition) is 6. The van der Waals surface area contributed by atoms with Crippen molar-refractivity contribution < 1.29 is 26.4 Å². The van der Waals surface area contributed by atoms with Crippen molar-refractivity contribution in [2.45, 2.75) is 25.1 Å². The van der Waals surface area contributed by atoms with Crippen molar-refractivity contribution >= 4 is 27.1 Å². The van der Waals surface area contributed by atoms with Crippen molar-refractivity contribution in [3.8, 4) is 0 Å². The maximum absolute atomic E-state index is 12.9. The zero-order chi connectivity index (χ0) is 23.6. The molecule has 1 aromatic heterocycles. The van der Waals surface area contributed by atoms with Gasteiger partial charge in [0.15, 0.2) is 9.84 Å². The first-order chi connectivity index (χ1) is 15.6. The predicted molar refractivity (Wildman–Crippen MR) is 119 cm³/mol. The molecule has 0 spiro atoms. The lowest BCUT2D eigenvalue weighted by Crippen LogP contribution is -2.40. The molecular formula is C22H25F3N4O3S. The Morgan fingerprint density at radius 2 is 1.73 bits per heavy atom. The van der Waals surface area contributed by atoms with Crippen LogP contribution in [0.15, 0.2) is 42.7 Å². The van der Waals surface area contributed by atoms with Gasteiger partial charge in [0, 0.05) is 44.1 Å². The maximum atomic E-state index is 12.9. The van der Waals surface area contributed by atoms with Gasteiger partial charge in [-0.05, 0) is 30.2 Å². The Bertz CT molecular complexity index is 1090. The molecule has 2 aromatic rings. The quantitative estimate of drug-likeness (QED) is 0.704.